The molecule has 2 aromatic carbocycles. The molecule has 2 aliphatic rings. The van der Waals surface area contributed by atoms with Crippen molar-refractivity contribution in [3.8, 4) is 0 Å². The highest BCUT2D eigenvalue weighted by atomic mass is 79.9. The van der Waals surface area contributed by atoms with Crippen molar-refractivity contribution in [2.75, 3.05) is 0 Å². The second-order valence-electron chi connectivity index (χ2n) is 5.13. The van der Waals surface area contributed by atoms with Gasteiger partial charge in [-0.15, -0.1) is 11.8 Å². The van der Waals surface area contributed by atoms with Crippen LogP contribution in [0.2, 0.25) is 0 Å². The molecule has 1 nitrogen and oxygen atoms in total. The average Bonchev–Trinajstić information content (AvgIpc) is 3.07. The average molecular weight is 331 g/mol. The van der Waals surface area contributed by atoms with Gasteiger partial charge in [-0.3, -0.25) is 4.79 Å². The Kier molecular flexibility index (Phi) is 2.45. The fourth-order valence-corrected chi connectivity index (χ4v) is 4.71. The summed E-state index contributed by atoms with van der Waals surface area (Å²) >= 11 is 5.21. The third-order valence-electron chi connectivity index (χ3n) is 3.99. The van der Waals surface area contributed by atoms with Crippen molar-refractivity contribution in [2.24, 2.45) is 0 Å². The maximum atomic E-state index is 12.6. The van der Waals surface area contributed by atoms with E-state index in [-0.39, 0.29) is 4.75 Å². The van der Waals surface area contributed by atoms with Gasteiger partial charge in [-0.2, -0.15) is 0 Å². The Labute approximate surface area is 124 Å². The normalized spacial score (nSPS) is 27.6. The minimum Gasteiger partial charge on any atom is -0.293 e. The van der Waals surface area contributed by atoms with Gasteiger partial charge < -0.3 is 0 Å². The molecule has 0 saturated heterocycles. The first-order valence-corrected chi connectivity index (χ1v) is 7.90. The molecule has 1 fully saturated rings. The van der Waals surface area contributed by atoms with E-state index >= 15 is 0 Å². The zero-order chi connectivity index (χ0) is 13.0. The van der Waals surface area contributed by atoms with Crippen LogP contribution in [0.3, 0.4) is 0 Å². The van der Waals surface area contributed by atoms with Crippen LogP contribution in [-0.4, -0.2) is 10.5 Å². The van der Waals surface area contributed by atoms with Gasteiger partial charge in [0.2, 0.25) is 0 Å². The van der Waals surface area contributed by atoms with Crippen LogP contribution in [0.5, 0.6) is 0 Å². The zero-order valence-electron chi connectivity index (χ0n) is 10.1. The largest absolute Gasteiger partial charge is 0.293 e. The van der Waals surface area contributed by atoms with Crippen molar-refractivity contribution in [1.82, 2.24) is 0 Å². The first-order chi connectivity index (χ1) is 9.21. The van der Waals surface area contributed by atoms with E-state index in [1.807, 2.05) is 18.2 Å². The van der Waals surface area contributed by atoms with Crippen molar-refractivity contribution < 1.29 is 4.79 Å². The molecule has 2 atom stereocenters. The van der Waals surface area contributed by atoms with E-state index in [9.17, 15) is 4.79 Å². The summed E-state index contributed by atoms with van der Waals surface area (Å²) in [5.41, 5.74) is 2.18. The highest BCUT2D eigenvalue weighted by Crippen LogP contribution is 2.67. The van der Waals surface area contributed by atoms with Crippen molar-refractivity contribution in [3.05, 3.63) is 64.1 Å². The third kappa shape index (κ3) is 1.65. The molecule has 1 saturated carbocycles. The molecule has 0 radical (unpaired) electrons. The molecule has 1 spiro atoms. The second-order valence-corrected chi connectivity index (χ2v) is 7.41. The summed E-state index contributed by atoms with van der Waals surface area (Å²) in [4.78, 5) is 13.7. The third-order valence-corrected chi connectivity index (χ3v) is 6.10. The standard InChI is InChI=1S/C16H11BrOS/c17-11-7-5-10(6-8-11)13-9-16(13)15(18)12-3-1-2-4-14(12)19-16/h1-8,13H,9H2. The van der Waals surface area contributed by atoms with Gasteiger partial charge in [0.05, 0.1) is 4.75 Å². The van der Waals surface area contributed by atoms with E-state index in [1.54, 1.807) is 11.8 Å². The van der Waals surface area contributed by atoms with Crippen LogP contribution in [0.1, 0.15) is 28.3 Å². The molecule has 19 heavy (non-hydrogen) atoms. The van der Waals surface area contributed by atoms with Crippen LogP contribution >= 0.6 is 27.7 Å². The minimum absolute atomic E-state index is 0.211. The number of benzene rings is 2. The molecule has 0 aromatic heterocycles. The Bertz CT molecular complexity index is 679. The molecule has 1 aliphatic heterocycles. The predicted molar refractivity (Wildman–Crippen MR) is 80.9 cm³/mol. The van der Waals surface area contributed by atoms with Crippen LogP contribution in [-0.2, 0) is 0 Å². The fraction of sp³-hybridized carbons (Fsp3) is 0.188. The number of hydrogen-bond acceptors (Lipinski definition) is 2. The van der Waals surface area contributed by atoms with Crippen LogP contribution in [0.4, 0.5) is 0 Å². The number of ketones is 1. The predicted octanol–water partition coefficient (Wildman–Crippen LogP) is 4.66. The number of hydrogen-bond donors (Lipinski definition) is 0. The first kappa shape index (κ1) is 11.7. The number of carbonyl (C=O) groups excluding carboxylic acids is 1. The van der Waals surface area contributed by atoms with Gasteiger partial charge in [0.25, 0.3) is 0 Å². The Balaban J connectivity index is 1.70. The summed E-state index contributed by atoms with van der Waals surface area (Å²) in [5, 5.41) is 0. The Morgan fingerprint density at radius 1 is 1.11 bits per heavy atom. The molecule has 0 bridgehead atoms. The van der Waals surface area contributed by atoms with Crippen LogP contribution in [0.25, 0.3) is 0 Å². The number of carbonyl (C=O) groups is 1. The smallest absolute Gasteiger partial charge is 0.181 e. The fourth-order valence-electron chi connectivity index (χ4n) is 2.90. The highest BCUT2D eigenvalue weighted by molar-refractivity contribution is 9.10. The molecule has 1 aliphatic carbocycles. The first-order valence-electron chi connectivity index (χ1n) is 6.29. The van der Waals surface area contributed by atoms with E-state index in [1.165, 1.54) is 5.56 Å². The van der Waals surface area contributed by atoms with Gasteiger partial charge in [-0.05, 0) is 30.2 Å². The number of rotatable bonds is 1. The second kappa shape index (κ2) is 3.97. The summed E-state index contributed by atoms with van der Waals surface area (Å²) in [7, 11) is 0. The van der Waals surface area contributed by atoms with Crippen molar-refractivity contribution >= 4 is 33.5 Å². The Morgan fingerprint density at radius 2 is 1.84 bits per heavy atom. The molecular weight excluding hydrogens is 320 g/mol. The Hall–Kier alpha value is -1.06. The van der Waals surface area contributed by atoms with Crippen LogP contribution in [0.15, 0.2) is 57.9 Å². The topological polar surface area (TPSA) is 17.1 Å². The lowest BCUT2D eigenvalue weighted by Gasteiger charge is -2.06. The molecule has 0 amide bonds. The van der Waals surface area contributed by atoms with Gasteiger partial charge in [-0.1, -0.05) is 46.3 Å². The van der Waals surface area contributed by atoms with Crippen LogP contribution < -0.4 is 0 Å². The van der Waals surface area contributed by atoms with Crippen molar-refractivity contribution in [1.29, 1.82) is 0 Å². The van der Waals surface area contributed by atoms with E-state index < -0.39 is 0 Å². The number of thioether (sulfide) groups is 1. The van der Waals surface area contributed by atoms with Gasteiger partial charge in [0, 0.05) is 20.8 Å². The van der Waals surface area contributed by atoms with Gasteiger partial charge in [0.15, 0.2) is 5.78 Å². The van der Waals surface area contributed by atoms with E-state index in [2.05, 4.69) is 46.3 Å². The number of halogens is 1. The maximum Gasteiger partial charge on any atom is 0.181 e. The van der Waals surface area contributed by atoms with E-state index in [0.717, 1.165) is 21.4 Å². The van der Waals surface area contributed by atoms with Gasteiger partial charge in [0.1, 0.15) is 0 Å². The lowest BCUT2D eigenvalue weighted by molar-refractivity contribution is 0.0981. The molecule has 2 unspecified atom stereocenters. The van der Waals surface area contributed by atoms with Gasteiger partial charge >= 0.3 is 0 Å². The summed E-state index contributed by atoms with van der Waals surface area (Å²) in [6.45, 7) is 0. The molecule has 94 valence electrons. The lowest BCUT2D eigenvalue weighted by atomic mass is 10.0. The van der Waals surface area contributed by atoms with E-state index in [0.29, 0.717) is 11.7 Å². The molecule has 0 N–H and O–H groups in total. The number of Topliss-reactive ketones (excluding diaryl/α,β-unsaturated/α-hetero) is 1. The zero-order valence-corrected chi connectivity index (χ0v) is 12.5. The molecule has 3 heteroatoms. The molecule has 1 heterocycles. The summed E-state index contributed by atoms with van der Waals surface area (Å²) in [6.07, 6.45) is 0.965. The molecule has 2 aromatic rings. The van der Waals surface area contributed by atoms with Crippen LogP contribution in [0, 0.1) is 0 Å². The van der Waals surface area contributed by atoms with Crippen molar-refractivity contribution in [2.45, 2.75) is 22.0 Å². The Morgan fingerprint density at radius 3 is 2.58 bits per heavy atom. The SMILES string of the molecule is O=C1c2ccccc2SC12CC2c1ccc(Br)cc1. The summed E-state index contributed by atoms with van der Waals surface area (Å²) < 4.78 is 0.872. The van der Waals surface area contributed by atoms with Gasteiger partial charge in [-0.25, -0.2) is 0 Å². The summed E-state index contributed by atoms with van der Waals surface area (Å²) in [6, 6.07) is 16.3. The quantitative estimate of drug-likeness (QED) is 0.756. The lowest BCUT2D eigenvalue weighted by Crippen LogP contribution is -2.15. The monoisotopic (exact) mass is 330 g/mol. The van der Waals surface area contributed by atoms with E-state index in [4.69, 9.17) is 0 Å². The van der Waals surface area contributed by atoms with Crippen molar-refractivity contribution in [3.63, 3.8) is 0 Å². The maximum absolute atomic E-state index is 12.6. The highest BCUT2D eigenvalue weighted by Gasteiger charge is 2.64. The minimum atomic E-state index is -0.211. The molecular formula is C16H11BrOS. The number of fused-ring (bicyclic) bond motifs is 1. The molecule has 4 rings (SSSR count). The summed E-state index contributed by atoms with van der Waals surface area (Å²) in [5.74, 6) is 0.687.